The molecule has 326 valence electrons. The second-order valence-corrected chi connectivity index (χ2v) is 24.1. The zero-order valence-electron chi connectivity index (χ0n) is 44.4. The van der Waals surface area contributed by atoms with Gasteiger partial charge >= 0.3 is 0 Å². The zero-order chi connectivity index (χ0) is 50.4. The Bertz CT molecular complexity index is 3450. The van der Waals surface area contributed by atoms with E-state index in [9.17, 15) is 2.74 Å². The van der Waals surface area contributed by atoms with Crippen molar-refractivity contribution in [3.8, 4) is 11.1 Å². The summed E-state index contributed by atoms with van der Waals surface area (Å²) in [5.74, 6) is 0. The van der Waals surface area contributed by atoms with E-state index < -0.39 is 14.1 Å². The lowest BCUT2D eigenvalue weighted by Gasteiger charge is -2.45. The van der Waals surface area contributed by atoms with Crippen molar-refractivity contribution in [2.24, 2.45) is 0 Å². The Balaban J connectivity index is 1.29. The number of rotatable bonds is 7. The number of fused-ring (bicyclic) bond motifs is 4. The summed E-state index contributed by atoms with van der Waals surface area (Å²) in [6, 6.07) is 67.2. The molecule has 0 spiro atoms. The second-order valence-electron chi connectivity index (χ2n) is 20.3. The maximum absolute atomic E-state index is 9.29. The van der Waals surface area contributed by atoms with E-state index in [0.29, 0.717) is 5.56 Å². The number of hydrogen-bond donors (Lipinski definition) is 0. The van der Waals surface area contributed by atoms with Crippen LogP contribution in [0.25, 0.3) is 11.1 Å². The summed E-state index contributed by atoms with van der Waals surface area (Å²) >= 11 is 0. The number of para-hydroxylation sites is 1. The second kappa shape index (κ2) is 16.3. The summed E-state index contributed by atoms with van der Waals surface area (Å²) in [6.45, 7) is 15.5. The molecule has 0 saturated heterocycles. The van der Waals surface area contributed by atoms with Gasteiger partial charge in [0.2, 0.25) is 0 Å². The molecule has 0 fully saturated rings. The van der Waals surface area contributed by atoms with E-state index in [0.717, 1.165) is 50.6 Å². The minimum absolute atomic E-state index is 0.0269. The smallest absolute Gasteiger partial charge is 0.252 e. The monoisotopic (exact) mass is 885 g/mol. The highest BCUT2D eigenvalue weighted by atomic mass is 28.3. The first-order chi connectivity index (χ1) is 34.5. The number of anilines is 6. The van der Waals surface area contributed by atoms with Crippen LogP contribution in [0.2, 0.25) is 0 Å². The highest BCUT2D eigenvalue weighted by Crippen LogP contribution is 2.47. The van der Waals surface area contributed by atoms with Crippen molar-refractivity contribution in [1.82, 2.24) is 0 Å². The van der Waals surface area contributed by atoms with Gasteiger partial charge in [-0.1, -0.05) is 217 Å². The molecule has 67 heavy (non-hydrogen) atoms. The van der Waals surface area contributed by atoms with E-state index in [1.807, 2.05) is 24.3 Å². The standard InChI is InChI=1S/C63H57BN2Si/c1-44-40-59-61-60(41-44)66(56-31-21-20-30-53(56)45-22-12-8-13-23-45)58-39-37-52(67(49-24-14-9-15-25-49,50-26-16-10-17-27-50)51-28-18-11-19-29-51)43-55(58)64(61)54-42-47(63(5,6)7)34-38-57(54)65(59)48-35-32-46(33-36-48)62(2,3)4/h8-43H,1-7H3/i8D,12D,13D,22D,23D. The van der Waals surface area contributed by atoms with Gasteiger partial charge in [0.25, 0.3) is 6.71 Å². The number of aryl methyl sites for hydroxylation is 1. The topological polar surface area (TPSA) is 6.48 Å². The molecule has 0 radical (unpaired) electrons. The van der Waals surface area contributed by atoms with Crippen LogP contribution in [0.4, 0.5) is 34.1 Å². The van der Waals surface area contributed by atoms with Gasteiger partial charge in [-0.15, -0.1) is 0 Å². The third kappa shape index (κ3) is 7.09. The first-order valence-electron chi connectivity index (χ1n) is 26.0. The van der Waals surface area contributed by atoms with Crippen LogP contribution in [0.5, 0.6) is 0 Å². The molecule has 2 aliphatic rings. The van der Waals surface area contributed by atoms with E-state index >= 15 is 0 Å². The molecule has 11 rings (SSSR count). The molecule has 2 aliphatic heterocycles. The average molecular weight is 886 g/mol. The Morgan fingerprint density at radius 1 is 0.433 bits per heavy atom. The third-order valence-corrected chi connectivity index (χ3v) is 18.8. The minimum atomic E-state index is -3.05. The van der Waals surface area contributed by atoms with Crippen LogP contribution in [0.1, 0.15) is 65.1 Å². The molecular formula is C63H57BN2Si. The lowest BCUT2D eigenvalue weighted by molar-refractivity contribution is 0.590. The molecular weight excluding hydrogens is 824 g/mol. The van der Waals surface area contributed by atoms with E-state index in [1.54, 1.807) is 0 Å². The van der Waals surface area contributed by atoms with Crippen LogP contribution in [0.15, 0.2) is 218 Å². The van der Waals surface area contributed by atoms with Crippen LogP contribution in [-0.4, -0.2) is 14.8 Å². The van der Waals surface area contributed by atoms with Gasteiger partial charge in [0.05, 0.1) is 12.5 Å². The zero-order valence-corrected chi connectivity index (χ0v) is 40.4. The van der Waals surface area contributed by atoms with Crippen molar-refractivity contribution in [3.05, 3.63) is 235 Å². The lowest BCUT2D eigenvalue weighted by Crippen LogP contribution is -2.75. The summed E-state index contributed by atoms with van der Waals surface area (Å²) in [4.78, 5) is 4.76. The largest absolute Gasteiger partial charge is 0.311 e. The van der Waals surface area contributed by atoms with Crippen LogP contribution in [-0.2, 0) is 10.8 Å². The summed E-state index contributed by atoms with van der Waals surface area (Å²) in [5, 5.41) is 5.08. The summed E-state index contributed by atoms with van der Waals surface area (Å²) in [5.41, 5.74) is 13.6. The molecule has 0 N–H and O–H groups in total. The van der Waals surface area contributed by atoms with Gasteiger partial charge in [0.1, 0.15) is 0 Å². The predicted octanol–water partition coefficient (Wildman–Crippen LogP) is 11.7. The average Bonchev–Trinajstić information content (AvgIpc) is 3.38. The van der Waals surface area contributed by atoms with Crippen molar-refractivity contribution in [1.29, 1.82) is 0 Å². The Hall–Kier alpha value is -7.14. The van der Waals surface area contributed by atoms with E-state index in [-0.39, 0.29) is 47.3 Å². The first-order valence-corrected chi connectivity index (χ1v) is 25.5. The highest BCUT2D eigenvalue weighted by Gasteiger charge is 2.47. The molecule has 0 atom stereocenters. The SMILES string of the molecule is [2H]c1c([2H])c([2H])c(-c2ccccc2N2c3ccc([Si](c4ccccc4)(c4ccccc4)c4ccccc4)cc3B3c4cc(C(C)(C)C)ccc4N(c4ccc(C(C)(C)C)cc4)c4cc(C)cc2c43)c([2H])c1[2H]. The third-order valence-electron chi connectivity index (χ3n) is 14.0. The van der Waals surface area contributed by atoms with Crippen molar-refractivity contribution >= 4 is 86.0 Å². The molecule has 0 amide bonds. The Morgan fingerprint density at radius 3 is 1.51 bits per heavy atom. The Kier molecular flexibility index (Phi) is 9.02. The quantitative estimate of drug-likeness (QED) is 0.116. The van der Waals surface area contributed by atoms with Crippen LogP contribution < -0.4 is 46.9 Å². The van der Waals surface area contributed by atoms with Crippen LogP contribution >= 0.6 is 0 Å². The summed E-state index contributed by atoms with van der Waals surface area (Å²) in [7, 11) is -3.05. The molecule has 0 aliphatic carbocycles. The fraction of sp³-hybridized carbons (Fsp3) is 0.143. The van der Waals surface area contributed by atoms with Gasteiger partial charge in [-0.3, -0.25) is 0 Å². The number of nitrogens with zero attached hydrogens (tertiary/aromatic N) is 2. The van der Waals surface area contributed by atoms with Crippen molar-refractivity contribution in [2.75, 3.05) is 9.80 Å². The number of hydrogen-bond acceptors (Lipinski definition) is 2. The summed E-state index contributed by atoms with van der Waals surface area (Å²) in [6.07, 6.45) is 0. The molecule has 0 bridgehead atoms. The van der Waals surface area contributed by atoms with Crippen LogP contribution in [0, 0.1) is 6.92 Å². The maximum atomic E-state index is 9.29. The first kappa shape index (κ1) is 37.0. The lowest BCUT2D eigenvalue weighted by atomic mass is 9.33. The van der Waals surface area contributed by atoms with Crippen LogP contribution in [0.3, 0.4) is 0 Å². The van der Waals surface area contributed by atoms with E-state index in [2.05, 4.69) is 222 Å². The van der Waals surface area contributed by atoms with E-state index in [1.165, 1.54) is 37.3 Å². The van der Waals surface area contributed by atoms with Crippen molar-refractivity contribution in [2.45, 2.75) is 59.3 Å². The fourth-order valence-corrected chi connectivity index (χ4v) is 15.6. The van der Waals surface area contributed by atoms with Crippen molar-refractivity contribution < 1.29 is 6.85 Å². The van der Waals surface area contributed by atoms with Gasteiger partial charge < -0.3 is 9.80 Å². The predicted molar refractivity (Wildman–Crippen MR) is 292 cm³/mol. The Morgan fingerprint density at radius 2 is 0.925 bits per heavy atom. The maximum Gasteiger partial charge on any atom is 0.252 e. The Labute approximate surface area is 406 Å². The molecule has 2 nitrogen and oxygen atoms in total. The van der Waals surface area contributed by atoms with Gasteiger partial charge in [-0.2, -0.15) is 0 Å². The fourth-order valence-electron chi connectivity index (χ4n) is 10.8. The van der Waals surface area contributed by atoms with Crippen molar-refractivity contribution in [3.63, 3.8) is 0 Å². The van der Waals surface area contributed by atoms with Gasteiger partial charge in [-0.25, -0.2) is 0 Å². The summed E-state index contributed by atoms with van der Waals surface area (Å²) < 4.78 is 44.7. The van der Waals surface area contributed by atoms with Gasteiger partial charge in [0.15, 0.2) is 8.07 Å². The molecule has 0 aromatic heterocycles. The molecule has 0 unspecified atom stereocenters. The number of benzene rings is 9. The molecule has 4 heteroatoms. The van der Waals surface area contributed by atoms with Gasteiger partial charge in [0, 0.05) is 34.0 Å². The molecule has 0 saturated carbocycles. The molecule has 9 aromatic rings. The molecule has 2 heterocycles. The van der Waals surface area contributed by atoms with Gasteiger partial charge in [-0.05, 0) is 120 Å². The molecule has 9 aromatic carbocycles. The normalized spacial score (nSPS) is 14.3. The minimum Gasteiger partial charge on any atom is -0.311 e. The highest BCUT2D eigenvalue weighted by molar-refractivity contribution is 7.20. The van der Waals surface area contributed by atoms with E-state index in [4.69, 9.17) is 4.11 Å².